The molecule has 0 aliphatic carbocycles. The lowest BCUT2D eigenvalue weighted by Gasteiger charge is -2.34. The van der Waals surface area contributed by atoms with E-state index in [4.69, 9.17) is 4.98 Å². The van der Waals surface area contributed by atoms with Crippen LogP contribution >= 0.6 is 31.9 Å². The first-order valence-electron chi connectivity index (χ1n) is 9.67. The van der Waals surface area contributed by atoms with Crippen molar-refractivity contribution >= 4 is 48.6 Å². The van der Waals surface area contributed by atoms with Gasteiger partial charge in [0.2, 0.25) is 0 Å². The van der Waals surface area contributed by atoms with Crippen molar-refractivity contribution in [1.29, 1.82) is 0 Å². The van der Waals surface area contributed by atoms with E-state index in [0.29, 0.717) is 0 Å². The average Bonchev–Trinajstić information content (AvgIpc) is 2.97. The van der Waals surface area contributed by atoms with Crippen LogP contribution in [-0.2, 0) is 0 Å². The molecule has 3 nitrogen and oxygen atoms in total. The van der Waals surface area contributed by atoms with Crippen LogP contribution in [0.5, 0.6) is 0 Å². The second-order valence-corrected chi connectivity index (χ2v) is 9.37. The van der Waals surface area contributed by atoms with Crippen molar-refractivity contribution in [3.05, 3.63) is 50.7 Å². The van der Waals surface area contributed by atoms with Crippen LogP contribution in [-0.4, -0.2) is 22.6 Å². The maximum atomic E-state index is 4.93. The van der Waals surface area contributed by atoms with Crippen molar-refractivity contribution in [3.8, 4) is 5.69 Å². The summed E-state index contributed by atoms with van der Waals surface area (Å²) >= 11 is 7.27. The number of aromatic nitrogens is 2. The van der Waals surface area contributed by atoms with Crippen molar-refractivity contribution in [3.63, 3.8) is 0 Å². The Labute approximate surface area is 178 Å². The Morgan fingerprint density at radius 3 is 2.48 bits per heavy atom. The van der Waals surface area contributed by atoms with Gasteiger partial charge in [-0.15, -0.1) is 0 Å². The molecule has 1 aromatic carbocycles. The summed E-state index contributed by atoms with van der Waals surface area (Å²) in [5.41, 5.74) is 5.85. The van der Waals surface area contributed by atoms with Gasteiger partial charge in [0.25, 0.3) is 0 Å². The van der Waals surface area contributed by atoms with Gasteiger partial charge in [-0.2, -0.15) is 0 Å². The summed E-state index contributed by atoms with van der Waals surface area (Å²) in [6.45, 7) is 8.90. The molecule has 0 radical (unpaired) electrons. The molecule has 1 aliphatic heterocycles. The first kappa shape index (κ1) is 19.0. The van der Waals surface area contributed by atoms with E-state index in [1.54, 1.807) is 0 Å². The zero-order chi connectivity index (χ0) is 19.1. The van der Waals surface area contributed by atoms with Crippen molar-refractivity contribution in [2.75, 3.05) is 18.0 Å². The van der Waals surface area contributed by atoms with Gasteiger partial charge in [0, 0.05) is 45.0 Å². The fourth-order valence-corrected chi connectivity index (χ4v) is 5.44. The molecule has 5 heteroatoms. The SMILES string of the molecule is CCC1CCN(c2cc(C)nc3c2c(C)cn3-c2ccc(Br)cc2Br)CC1. The summed E-state index contributed by atoms with van der Waals surface area (Å²) in [5, 5.41) is 1.28. The van der Waals surface area contributed by atoms with E-state index in [-0.39, 0.29) is 0 Å². The Hall–Kier alpha value is -1.33. The van der Waals surface area contributed by atoms with Crippen LogP contribution < -0.4 is 4.90 Å². The molecule has 4 rings (SSSR count). The van der Waals surface area contributed by atoms with Crippen molar-refractivity contribution in [1.82, 2.24) is 9.55 Å². The summed E-state index contributed by atoms with van der Waals surface area (Å²) in [4.78, 5) is 7.49. The highest BCUT2D eigenvalue weighted by Gasteiger charge is 2.22. The topological polar surface area (TPSA) is 21.1 Å². The summed E-state index contributed by atoms with van der Waals surface area (Å²) in [6.07, 6.45) is 6.09. The third-order valence-electron chi connectivity index (χ3n) is 5.75. The van der Waals surface area contributed by atoms with Gasteiger partial charge in [-0.05, 0) is 78.4 Å². The number of nitrogens with zero attached hydrogens (tertiary/aromatic N) is 3. The fraction of sp³-hybridized carbons (Fsp3) is 0.409. The van der Waals surface area contributed by atoms with Crippen LogP contribution in [0.15, 0.2) is 39.4 Å². The summed E-state index contributed by atoms with van der Waals surface area (Å²) in [5.74, 6) is 0.879. The van der Waals surface area contributed by atoms with Crippen LogP contribution in [0.25, 0.3) is 16.7 Å². The van der Waals surface area contributed by atoms with Gasteiger partial charge in [-0.1, -0.05) is 29.3 Å². The molecule has 3 heterocycles. The number of hydrogen-bond donors (Lipinski definition) is 0. The van der Waals surface area contributed by atoms with Gasteiger partial charge in [0.1, 0.15) is 5.65 Å². The van der Waals surface area contributed by atoms with Gasteiger partial charge in [-0.25, -0.2) is 4.98 Å². The molecule has 0 amide bonds. The molecule has 1 saturated heterocycles. The van der Waals surface area contributed by atoms with E-state index in [0.717, 1.165) is 45.0 Å². The molecule has 0 saturated carbocycles. The first-order valence-corrected chi connectivity index (χ1v) is 11.3. The summed E-state index contributed by atoms with van der Waals surface area (Å²) in [7, 11) is 0. The third kappa shape index (κ3) is 3.56. The minimum atomic E-state index is 0.879. The number of aryl methyl sites for hydroxylation is 2. The standard InChI is InChI=1S/C22H25Br2N3/c1-4-16-7-9-26(10-8-16)20-11-15(3)25-22-21(20)14(2)13-27(22)19-6-5-17(23)12-18(19)24/h5-6,11-13,16H,4,7-10H2,1-3H3. The molecule has 0 bridgehead atoms. The molecule has 0 unspecified atom stereocenters. The maximum absolute atomic E-state index is 4.93. The fourth-order valence-electron chi connectivity index (χ4n) is 4.20. The molecular weight excluding hydrogens is 466 g/mol. The highest BCUT2D eigenvalue weighted by molar-refractivity contribution is 9.11. The Bertz CT molecular complexity index is 985. The number of halogens is 2. The van der Waals surface area contributed by atoms with Crippen molar-refractivity contribution in [2.24, 2.45) is 5.92 Å². The summed E-state index contributed by atoms with van der Waals surface area (Å²) in [6, 6.07) is 8.56. The second-order valence-electron chi connectivity index (χ2n) is 7.60. The smallest absolute Gasteiger partial charge is 0.147 e. The molecule has 27 heavy (non-hydrogen) atoms. The molecule has 2 aromatic heterocycles. The number of rotatable bonds is 3. The normalized spacial score (nSPS) is 15.7. The lowest BCUT2D eigenvalue weighted by atomic mass is 9.94. The van der Waals surface area contributed by atoms with E-state index in [1.165, 1.54) is 35.9 Å². The van der Waals surface area contributed by atoms with E-state index >= 15 is 0 Å². The monoisotopic (exact) mass is 489 g/mol. The van der Waals surface area contributed by atoms with E-state index in [2.05, 4.69) is 92.6 Å². The van der Waals surface area contributed by atoms with Gasteiger partial charge >= 0.3 is 0 Å². The van der Waals surface area contributed by atoms with Crippen LogP contribution in [0.1, 0.15) is 37.4 Å². The molecule has 0 spiro atoms. The van der Waals surface area contributed by atoms with E-state index in [1.807, 2.05) is 0 Å². The molecule has 3 aromatic rings. The Balaban J connectivity index is 1.84. The summed E-state index contributed by atoms with van der Waals surface area (Å²) < 4.78 is 4.34. The van der Waals surface area contributed by atoms with Gasteiger partial charge in [0.05, 0.1) is 5.69 Å². The largest absolute Gasteiger partial charge is 0.371 e. The molecule has 0 N–H and O–H groups in total. The highest BCUT2D eigenvalue weighted by atomic mass is 79.9. The number of piperidine rings is 1. The number of anilines is 1. The predicted octanol–water partition coefficient (Wildman–Crippen LogP) is 6.79. The zero-order valence-corrected chi connectivity index (χ0v) is 19.3. The molecule has 1 aliphatic rings. The van der Waals surface area contributed by atoms with Crippen LogP contribution in [0.2, 0.25) is 0 Å². The Morgan fingerprint density at radius 2 is 1.81 bits per heavy atom. The van der Waals surface area contributed by atoms with Gasteiger partial charge in [0.15, 0.2) is 0 Å². The molecule has 1 fully saturated rings. The van der Waals surface area contributed by atoms with E-state index < -0.39 is 0 Å². The van der Waals surface area contributed by atoms with Crippen LogP contribution in [0.3, 0.4) is 0 Å². The van der Waals surface area contributed by atoms with Gasteiger partial charge < -0.3 is 4.90 Å². The zero-order valence-electron chi connectivity index (χ0n) is 16.1. The highest BCUT2D eigenvalue weighted by Crippen LogP contribution is 2.36. The molecule has 142 valence electrons. The lowest BCUT2D eigenvalue weighted by molar-refractivity contribution is 0.395. The average molecular weight is 491 g/mol. The number of pyridine rings is 1. The Kier molecular flexibility index (Phi) is 5.34. The maximum Gasteiger partial charge on any atom is 0.147 e. The van der Waals surface area contributed by atoms with Crippen molar-refractivity contribution < 1.29 is 0 Å². The Morgan fingerprint density at radius 1 is 1.07 bits per heavy atom. The number of fused-ring (bicyclic) bond motifs is 1. The van der Waals surface area contributed by atoms with E-state index in [9.17, 15) is 0 Å². The minimum Gasteiger partial charge on any atom is -0.371 e. The van der Waals surface area contributed by atoms with Crippen LogP contribution in [0, 0.1) is 19.8 Å². The molecule has 0 atom stereocenters. The predicted molar refractivity (Wildman–Crippen MR) is 121 cm³/mol. The number of benzene rings is 1. The van der Waals surface area contributed by atoms with Crippen LogP contribution in [0.4, 0.5) is 5.69 Å². The number of hydrogen-bond acceptors (Lipinski definition) is 2. The third-order valence-corrected chi connectivity index (χ3v) is 6.88. The first-order chi connectivity index (χ1) is 13.0. The minimum absolute atomic E-state index is 0.879. The van der Waals surface area contributed by atoms with Crippen molar-refractivity contribution in [2.45, 2.75) is 40.0 Å². The quantitative estimate of drug-likeness (QED) is 0.402. The van der Waals surface area contributed by atoms with Gasteiger partial charge in [-0.3, -0.25) is 4.57 Å². The molecular formula is C22H25Br2N3. The lowest BCUT2D eigenvalue weighted by Crippen LogP contribution is -2.33. The second kappa shape index (κ2) is 7.59.